The number of hydrogen-bond acceptors (Lipinski definition) is 5. The van der Waals surface area contributed by atoms with Gasteiger partial charge >= 0.3 is 5.63 Å². The van der Waals surface area contributed by atoms with Gasteiger partial charge in [0.2, 0.25) is 0 Å². The molecule has 2 heterocycles. The van der Waals surface area contributed by atoms with E-state index in [2.05, 4.69) is 4.99 Å². The molecule has 0 bridgehead atoms. The van der Waals surface area contributed by atoms with Gasteiger partial charge in [-0.1, -0.05) is 78.3 Å². The Labute approximate surface area is 228 Å². The maximum absolute atomic E-state index is 13.3. The molecule has 0 unspecified atom stereocenters. The highest BCUT2D eigenvalue weighted by Gasteiger charge is 2.18. The second-order valence-electron chi connectivity index (χ2n) is 8.81. The third-order valence-corrected chi connectivity index (χ3v) is 6.48. The van der Waals surface area contributed by atoms with Gasteiger partial charge in [0.1, 0.15) is 11.3 Å². The van der Waals surface area contributed by atoms with Crippen LogP contribution in [0.5, 0.6) is 0 Å². The van der Waals surface area contributed by atoms with E-state index in [0.29, 0.717) is 44.2 Å². The van der Waals surface area contributed by atoms with Gasteiger partial charge in [0, 0.05) is 39.5 Å². The largest absolute Gasteiger partial charge is 0.422 e. The van der Waals surface area contributed by atoms with Gasteiger partial charge in [-0.05, 0) is 42.5 Å². The maximum Gasteiger partial charge on any atom is 0.345 e. The topological polar surface area (TPSA) is 77.5 Å². The van der Waals surface area contributed by atoms with Crippen molar-refractivity contribution >= 4 is 40.3 Å². The third-order valence-electron chi connectivity index (χ3n) is 6.24. The van der Waals surface area contributed by atoms with E-state index >= 15 is 0 Å². The van der Waals surface area contributed by atoms with Gasteiger partial charge in [-0.2, -0.15) is 5.10 Å². The molecule has 7 heteroatoms. The number of ketones is 1. The lowest BCUT2D eigenvalue weighted by Crippen LogP contribution is -2.05. The summed E-state index contributed by atoms with van der Waals surface area (Å²) in [5.74, 6) is -0.194. The molecule has 0 N–H and O–H groups in total. The molecular formula is C32H20ClN3O3. The Balaban J connectivity index is 1.48. The zero-order valence-electron chi connectivity index (χ0n) is 20.5. The number of aromatic nitrogens is 2. The van der Waals surface area contributed by atoms with Crippen LogP contribution in [0, 0.1) is 0 Å². The minimum atomic E-state index is -0.506. The molecule has 6 nitrogen and oxygen atoms in total. The molecule has 0 atom stereocenters. The van der Waals surface area contributed by atoms with E-state index in [9.17, 15) is 9.59 Å². The summed E-state index contributed by atoms with van der Waals surface area (Å²) in [4.78, 5) is 31.0. The highest BCUT2D eigenvalue weighted by Crippen LogP contribution is 2.28. The van der Waals surface area contributed by atoms with Crippen molar-refractivity contribution in [3.8, 4) is 16.9 Å². The SMILES string of the molecule is O=C(c1ccccc1)c1cc(Cl)ccc1N=Cc1cn(-c2ccccc2)nc1-c1cc2ccccc2oc1=O. The molecule has 6 rings (SSSR count). The predicted octanol–water partition coefficient (Wildman–Crippen LogP) is 7.28. The van der Waals surface area contributed by atoms with Crippen LogP contribution in [0.2, 0.25) is 5.02 Å². The molecular weight excluding hydrogens is 510 g/mol. The second kappa shape index (κ2) is 10.4. The fourth-order valence-electron chi connectivity index (χ4n) is 4.32. The Kier molecular flexibility index (Phi) is 6.45. The van der Waals surface area contributed by atoms with E-state index in [0.717, 1.165) is 11.1 Å². The molecule has 0 aliphatic rings. The molecule has 0 aliphatic carbocycles. The smallest absolute Gasteiger partial charge is 0.345 e. The van der Waals surface area contributed by atoms with E-state index in [1.165, 1.54) is 0 Å². The van der Waals surface area contributed by atoms with Gasteiger partial charge in [-0.25, -0.2) is 9.48 Å². The molecule has 6 aromatic rings. The molecule has 39 heavy (non-hydrogen) atoms. The summed E-state index contributed by atoms with van der Waals surface area (Å²) in [6.45, 7) is 0. The van der Waals surface area contributed by atoms with Crippen LogP contribution < -0.4 is 5.63 Å². The number of rotatable bonds is 6. The minimum absolute atomic E-state index is 0.194. The summed E-state index contributed by atoms with van der Waals surface area (Å²) in [7, 11) is 0. The quantitative estimate of drug-likeness (QED) is 0.129. The van der Waals surface area contributed by atoms with Crippen molar-refractivity contribution in [3.63, 3.8) is 0 Å². The summed E-state index contributed by atoms with van der Waals surface area (Å²) < 4.78 is 7.27. The predicted molar refractivity (Wildman–Crippen MR) is 154 cm³/mol. The molecule has 0 radical (unpaired) electrons. The first-order chi connectivity index (χ1) is 19.1. The van der Waals surface area contributed by atoms with Crippen LogP contribution in [0.25, 0.3) is 27.9 Å². The van der Waals surface area contributed by atoms with E-state index < -0.39 is 5.63 Å². The number of carbonyl (C=O) groups excluding carboxylic acids is 1. The van der Waals surface area contributed by atoms with Crippen molar-refractivity contribution in [3.05, 3.63) is 148 Å². The van der Waals surface area contributed by atoms with Crippen molar-refractivity contribution in [2.75, 3.05) is 0 Å². The number of fused-ring (bicyclic) bond motifs is 1. The molecule has 4 aromatic carbocycles. The highest BCUT2D eigenvalue weighted by molar-refractivity contribution is 6.31. The van der Waals surface area contributed by atoms with Gasteiger partial charge in [0.15, 0.2) is 5.78 Å². The molecule has 0 aliphatic heterocycles. The monoisotopic (exact) mass is 529 g/mol. The molecule has 188 valence electrons. The van der Waals surface area contributed by atoms with Crippen molar-refractivity contribution in [1.29, 1.82) is 0 Å². The first-order valence-corrected chi connectivity index (χ1v) is 12.6. The molecule has 0 spiro atoms. The van der Waals surface area contributed by atoms with Crippen LogP contribution in [-0.2, 0) is 0 Å². The van der Waals surface area contributed by atoms with Crippen molar-refractivity contribution in [1.82, 2.24) is 9.78 Å². The van der Waals surface area contributed by atoms with Gasteiger partial charge in [0.05, 0.1) is 16.9 Å². The molecule has 0 fully saturated rings. The highest BCUT2D eigenvalue weighted by atomic mass is 35.5. The first-order valence-electron chi connectivity index (χ1n) is 12.2. The Hall–Kier alpha value is -5.07. The van der Waals surface area contributed by atoms with Crippen LogP contribution in [0.15, 0.2) is 130 Å². The average molecular weight is 530 g/mol. The standard InChI is InChI=1S/C32H20ClN3O3/c33-24-15-16-28(26(18-24)31(37)21-9-3-1-4-10-21)34-19-23-20-36(25-12-5-2-6-13-25)35-30(23)27-17-22-11-7-8-14-29(22)39-32(27)38/h1-20H. The second-order valence-corrected chi connectivity index (χ2v) is 9.25. The fraction of sp³-hybridized carbons (Fsp3) is 0. The lowest BCUT2D eigenvalue weighted by Gasteiger charge is -2.06. The van der Waals surface area contributed by atoms with E-state index in [1.807, 2.05) is 54.6 Å². The molecule has 0 saturated carbocycles. The van der Waals surface area contributed by atoms with Crippen molar-refractivity contribution < 1.29 is 9.21 Å². The first kappa shape index (κ1) is 24.3. The van der Waals surface area contributed by atoms with Crippen LogP contribution in [-0.4, -0.2) is 21.8 Å². The lowest BCUT2D eigenvalue weighted by atomic mass is 10.0. The number of carbonyl (C=O) groups is 1. The number of aliphatic imine (C=N–C) groups is 1. The minimum Gasteiger partial charge on any atom is -0.422 e. The fourth-order valence-corrected chi connectivity index (χ4v) is 4.49. The number of halogens is 1. The molecule has 2 aromatic heterocycles. The summed E-state index contributed by atoms with van der Waals surface area (Å²) in [6.07, 6.45) is 3.39. The number of nitrogens with zero attached hydrogens (tertiary/aromatic N) is 3. The van der Waals surface area contributed by atoms with Gasteiger partial charge < -0.3 is 4.42 Å². The van der Waals surface area contributed by atoms with Gasteiger partial charge in [-0.3, -0.25) is 9.79 Å². The van der Waals surface area contributed by atoms with Crippen LogP contribution >= 0.6 is 11.6 Å². The summed E-state index contributed by atoms with van der Waals surface area (Å²) in [6, 6.07) is 32.6. The van der Waals surface area contributed by atoms with E-state index in [4.69, 9.17) is 21.1 Å². The number of benzene rings is 4. The Morgan fingerprint density at radius 2 is 1.59 bits per heavy atom. The summed E-state index contributed by atoms with van der Waals surface area (Å²) in [5.41, 5.74) is 3.44. The third kappa shape index (κ3) is 4.93. The molecule has 0 saturated heterocycles. The zero-order valence-corrected chi connectivity index (χ0v) is 21.2. The van der Waals surface area contributed by atoms with E-state index in [-0.39, 0.29) is 5.78 Å². The zero-order chi connectivity index (χ0) is 26.8. The van der Waals surface area contributed by atoms with Crippen LogP contribution in [0.4, 0.5) is 5.69 Å². The van der Waals surface area contributed by atoms with Crippen LogP contribution in [0.3, 0.4) is 0 Å². The summed E-state index contributed by atoms with van der Waals surface area (Å²) >= 11 is 6.24. The number of hydrogen-bond donors (Lipinski definition) is 0. The Bertz CT molecular complexity index is 1910. The Morgan fingerprint density at radius 1 is 0.872 bits per heavy atom. The lowest BCUT2D eigenvalue weighted by molar-refractivity contribution is 0.103. The van der Waals surface area contributed by atoms with E-state index in [1.54, 1.807) is 71.7 Å². The van der Waals surface area contributed by atoms with Gasteiger partial charge in [-0.15, -0.1) is 0 Å². The molecule has 0 amide bonds. The van der Waals surface area contributed by atoms with Crippen molar-refractivity contribution in [2.45, 2.75) is 0 Å². The summed E-state index contributed by atoms with van der Waals surface area (Å²) in [5, 5.41) is 5.93. The number of para-hydroxylation sites is 2. The van der Waals surface area contributed by atoms with Gasteiger partial charge in [0.25, 0.3) is 0 Å². The average Bonchev–Trinajstić information content (AvgIpc) is 3.40. The van der Waals surface area contributed by atoms with Crippen molar-refractivity contribution in [2.24, 2.45) is 4.99 Å². The Morgan fingerprint density at radius 3 is 2.38 bits per heavy atom. The van der Waals surface area contributed by atoms with Crippen LogP contribution in [0.1, 0.15) is 21.5 Å². The maximum atomic E-state index is 13.3. The normalized spacial score (nSPS) is 11.3.